The van der Waals surface area contributed by atoms with Crippen LogP contribution in [0.2, 0.25) is 0 Å². The molecule has 4 nitrogen and oxygen atoms in total. The number of nitrogens with one attached hydrogen (secondary N) is 1. The van der Waals surface area contributed by atoms with Crippen molar-refractivity contribution in [3.63, 3.8) is 0 Å². The van der Waals surface area contributed by atoms with Crippen molar-refractivity contribution in [2.45, 2.75) is 56.3 Å². The number of halogens is 2. The molecule has 2 aromatic rings. The summed E-state index contributed by atoms with van der Waals surface area (Å²) >= 11 is 1.76. The molecule has 1 aliphatic heterocycles. The third kappa shape index (κ3) is 6.09. The van der Waals surface area contributed by atoms with Crippen LogP contribution < -0.4 is 5.32 Å². The molecule has 0 aromatic heterocycles. The second-order valence-corrected chi connectivity index (χ2v) is 9.99. The Labute approximate surface area is 192 Å². The number of alkyl halides is 2. The Hall–Kier alpha value is -2.41. The molecule has 0 atom stereocenters. The maximum atomic E-state index is 13.4. The first-order valence-electron chi connectivity index (χ1n) is 10.9. The van der Waals surface area contributed by atoms with Crippen molar-refractivity contribution in [1.29, 1.82) is 0 Å². The van der Waals surface area contributed by atoms with Gasteiger partial charge in [-0.15, -0.1) is 11.8 Å². The number of rotatable bonds is 7. The Kier molecular flexibility index (Phi) is 7.59. The summed E-state index contributed by atoms with van der Waals surface area (Å²) in [4.78, 5) is 28.1. The summed E-state index contributed by atoms with van der Waals surface area (Å²) in [5.74, 6) is -1.95. The number of nitrogens with zero attached hydrogens (tertiary/aromatic N) is 1. The molecule has 172 valence electrons. The summed E-state index contributed by atoms with van der Waals surface area (Å²) in [6.45, 7) is 5.85. The van der Waals surface area contributed by atoms with Crippen LogP contribution in [0.25, 0.3) is 0 Å². The molecule has 0 radical (unpaired) electrons. The molecule has 1 heterocycles. The van der Waals surface area contributed by atoms with E-state index in [4.69, 9.17) is 0 Å². The second kappa shape index (κ2) is 10.0. The van der Waals surface area contributed by atoms with Crippen molar-refractivity contribution in [2.75, 3.05) is 24.2 Å². The highest BCUT2D eigenvalue weighted by atomic mass is 32.2. The van der Waals surface area contributed by atoms with E-state index in [1.54, 1.807) is 37.7 Å². The predicted molar refractivity (Wildman–Crippen MR) is 125 cm³/mol. The quantitative estimate of drug-likeness (QED) is 0.554. The van der Waals surface area contributed by atoms with E-state index in [9.17, 15) is 18.4 Å². The van der Waals surface area contributed by atoms with Gasteiger partial charge >= 0.3 is 0 Å². The number of carbonyl (C=O) groups excluding carboxylic acids is 2. The predicted octanol–water partition coefficient (Wildman–Crippen LogP) is 5.52. The minimum absolute atomic E-state index is 0.0709. The van der Waals surface area contributed by atoms with Crippen molar-refractivity contribution >= 4 is 29.3 Å². The third-order valence-corrected chi connectivity index (χ3v) is 6.70. The number of hydrogen-bond acceptors (Lipinski definition) is 3. The lowest BCUT2D eigenvalue weighted by Gasteiger charge is -2.37. The maximum Gasteiger partial charge on any atom is 0.251 e. The monoisotopic (exact) mass is 460 g/mol. The van der Waals surface area contributed by atoms with Gasteiger partial charge in [-0.05, 0) is 55.0 Å². The Morgan fingerprint density at radius 2 is 1.62 bits per heavy atom. The number of thioether (sulfide) groups is 1. The van der Waals surface area contributed by atoms with Crippen molar-refractivity contribution < 1.29 is 18.4 Å². The van der Waals surface area contributed by atoms with Gasteiger partial charge in [-0.2, -0.15) is 0 Å². The highest BCUT2D eigenvalue weighted by Crippen LogP contribution is 2.32. The molecule has 0 unspecified atom stereocenters. The van der Waals surface area contributed by atoms with Crippen LogP contribution in [0.1, 0.15) is 44.7 Å². The SMILES string of the molecule is CCSc1ccc(CC(=O)Nc2ccc(C(C)(C)C(=O)N3CCC(F)(F)CC3)cc2)cc1. The molecule has 0 spiro atoms. The molecule has 1 aliphatic rings. The van der Waals surface area contributed by atoms with Gasteiger partial charge in [0.15, 0.2) is 0 Å². The average molecular weight is 461 g/mol. The number of piperidine rings is 1. The Morgan fingerprint density at radius 3 is 2.19 bits per heavy atom. The van der Waals surface area contributed by atoms with Gasteiger partial charge in [0.1, 0.15) is 0 Å². The third-order valence-electron chi connectivity index (χ3n) is 5.81. The van der Waals surface area contributed by atoms with Crippen molar-refractivity contribution in [2.24, 2.45) is 0 Å². The standard InChI is InChI=1S/C25H30F2N2O2S/c1-4-32-21-11-5-18(6-12-21)17-22(30)28-20-9-7-19(8-10-20)24(2,3)23(31)29-15-13-25(26,27)14-16-29/h5-12H,4,13-17H2,1-3H3,(H,28,30). The van der Waals surface area contributed by atoms with Crippen LogP contribution >= 0.6 is 11.8 Å². The van der Waals surface area contributed by atoms with Gasteiger partial charge in [0.2, 0.25) is 11.8 Å². The summed E-state index contributed by atoms with van der Waals surface area (Å²) < 4.78 is 26.8. The number of likely N-dealkylation sites (tertiary alicyclic amines) is 1. The van der Waals surface area contributed by atoms with Gasteiger partial charge in [-0.1, -0.05) is 31.2 Å². The van der Waals surface area contributed by atoms with Gasteiger partial charge in [-0.25, -0.2) is 8.78 Å². The number of amides is 2. The zero-order valence-electron chi connectivity index (χ0n) is 18.8. The fourth-order valence-electron chi connectivity index (χ4n) is 3.79. The molecule has 3 rings (SSSR count). The maximum absolute atomic E-state index is 13.4. The second-order valence-electron chi connectivity index (χ2n) is 8.65. The Morgan fingerprint density at radius 1 is 1.03 bits per heavy atom. The molecule has 0 bridgehead atoms. The fraction of sp³-hybridized carbons (Fsp3) is 0.440. The molecule has 1 N–H and O–H groups in total. The largest absolute Gasteiger partial charge is 0.341 e. The smallest absolute Gasteiger partial charge is 0.251 e. The van der Waals surface area contributed by atoms with E-state index in [0.717, 1.165) is 16.9 Å². The van der Waals surface area contributed by atoms with E-state index < -0.39 is 11.3 Å². The van der Waals surface area contributed by atoms with Gasteiger partial charge in [0.25, 0.3) is 5.92 Å². The summed E-state index contributed by atoms with van der Waals surface area (Å²) in [7, 11) is 0. The molecule has 7 heteroatoms. The van der Waals surface area contributed by atoms with Gasteiger partial charge in [0.05, 0.1) is 11.8 Å². The summed E-state index contributed by atoms with van der Waals surface area (Å²) in [5, 5.41) is 2.89. The molecular weight excluding hydrogens is 430 g/mol. The summed E-state index contributed by atoms with van der Waals surface area (Å²) in [6.07, 6.45) is -0.303. The van der Waals surface area contributed by atoms with Crippen LogP contribution in [0, 0.1) is 0 Å². The first kappa shape index (κ1) is 24.2. The van der Waals surface area contributed by atoms with Crippen LogP contribution in [0.5, 0.6) is 0 Å². The molecule has 2 amide bonds. The zero-order valence-corrected chi connectivity index (χ0v) is 19.6. The summed E-state index contributed by atoms with van der Waals surface area (Å²) in [5.41, 5.74) is 1.53. The molecule has 32 heavy (non-hydrogen) atoms. The van der Waals surface area contributed by atoms with Crippen LogP contribution in [-0.4, -0.2) is 41.5 Å². The van der Waals surface area contributed by atoms with Crippen LogP contribution in [0.15, 0.2) is 53.4 Å². The van der Waals surface area contributed by atoms with E-state index in [2.05, 4.69) is 12.2 Å². The molecular formula is C25H30F2N2O2S. The Balaban J connectivity index is 1.58. The first-order valence-corrected chi connectivity index (χ1v) is 11.9. The minimum atomic E-state index is -2.68. The van der Waals surface area contributed by atoms with E-state index >= 15 is 0 Å². The molecule has 0 saturated carbocycles. The van der Waals surface area contributed by atoms with E-state index in [0.29, 0.717) is 5.69 Å². The highest BCUT2D eigenvalue weighted by Gasteiger charge is 2.40. The summed E-state index contributed by atoms with van der Waals surface area (Å²) in [6, 6.07) is 15.1. The first-order chi connectivity index (χ1) is 15.1. The minimum Gasteiger partial charge on any atom is -0.341 e. The van der Waals surface area contributed by atoms with Crippen molar-refractivity contribution in [1.82, 2.24) is 4.90 Å². The molecule has 0 aliphatic carbocycles. The normalized spacial score (nSPS) is 16.0. The number of benzene rings is 2. The van der Waals surface area contributed by atoms with Crippen LogP contribution in [0.3, 0.4) is 0 Å². The number of hydrogen-bond donors (Lipinski definition) is 1. The van der Waals surface area contributed by atoms with E-state index in [1.165, 1.54) is 9.80 Å². The fourth-order valence-corrected chi connectivity index (χ4v) is 4.45. The number of carbonyl (C=O) groups is 2. The highest BCUT2D eigenvalue weighted by molar-refractivity contribution is 7.99. The lowest BCUT2D eigenvalue weighted by Crippen LogP contribution is -2.49. The molecule has 1 saturated heterocycles. The lowest BCUT2D eigenvalue weighted by atomic mass is 9.82. The van der Waals surface area contributed by atoms with Gasteiger partial charge in [-0.3, -0.25) is 9.59 Å². The zero-order chi connectivity index (χ0) is 23.4. The van der Waals surface area contributed by atoms with Gasteiger partial charge in [0, 0.05) is 36.5 Å². The molecule has 2 aromatic carbocycles. The van der Waals surface area contributed by atoms with E-state index in [1.807, 2.05) is 36.4 Å². The van der Waals surface area contributed by atoms with E-state index in [-0.39, 0.29) is 44.2 Å². The number of anilines is 1. The van der Waals surface area contributed by atoms with Crippen molar-refractivity contribution in [3.8, 4) is 0 Å². The van der Waals surface area contributed by atoms with Crippen LogP contribution in [0.4, 0.5) is 14.5 Å². The topological polar surface area (TPSA) is 49.4 Å². The average Bonchev–Trinajstić information content (AvgIpc) is 2.75. The lowest BCUT2D eigenvalue weighted by molar-refractivity contribution is -0.142. The van der Waals surface area contributed by atoms with Crippen molar-refractivity contribution in [3.05, 3.63) is 59.7 Å². The van der Waals surface area contributed by atoms with Gasteiger partial charge < -0.3 is 10.2 Å². The Bertz CT molecular complexity index is 933. The van der Waals surface area contributed by atoms with Crippen LogP contribution in [-0.2, 0) is 21.4 Å². The molecule has 1 fully saturated rings.